The van der Waals surface area contributed by atoms with Crippen molar-refractivity contribution < 1.29 is 33.8 Å². The topological polar surface area (TPSA) is 166 Å². The predicted octanol–water partition coefficient (Wildman–Crippen LogP) is 7.13. The number of rotatable bonds is 9. The van der Waals surface area contributed by atoms with Crippen molar-refractivity contribution >= 4 is 45.8 Å². The van der Waals surface area contributed by atoms with E-state index in [4.69, 9.17) is 9.47 Å². The van der Waals surface area contributed by atoms with E-state index in [0.717, 1.165) is 32.9 Å². The molecule has 12 nitrogen and oxygen atoms in total. The average molecular weight is 726 g/mol. The van der Waals surface area contributed by atoms with Gasteiger partial charge in [-0.05, 0) is 89.8 Å². The molecule has 0 bridgehead atoms. The zero-order valence-corrected chi connectivity index (χ0v) is 30.4. The Morgan fingerprint density at radius 1 is 0.679 bits per heavy atom. The molecule has 3 heterocycles. The average Bonchev–Trinajstić information content (AvgIpc) is 3.74. The molecule has 0 spiro atoms. The second kappa shape index (κ2) is 16.8. The third-order valence-corrected chi connectivity index (χ3v) is 8.23. The van der Waals surface area contributed by atoms with Crippen LogP contribution in [0.5, 0.6) is 0 Å². The number of nitrogens with one attached hydrogen (secondary N) is 4. The molecule has 6 rings (SSSR count). The van der Waals surface area contributed by atoms with E-state index in [-0.39, 0.29) is 38.4 Å². The van der Waals surface area contributed by atoms with Crippen LogP contribution in [0, 0.1) is 0 Å². The van der Waals surface area contributed by atoms with Crippen LogP contribution in [-0.4, -0.2) is 80.4 Å². The molecule has 12 heteroatoms. The molecule has 0 radical (unpaired) electrons. The Hall–Kier alpha value is -5.62. The van der Waals surface area contributed by atoms with Gasteiger partial charge in [0.15, 0.2) is 0 Å². The molecule has 2 atom stereocenters. The Morgan fingerprint density at radius 3 is 1.51 bits per heavy atom. The van der Waals surface area contributed by atoms with Gasteiger partial charge in [0.1, 0.15) is 11.2 Å². The van der Waals surface area contributed by atoms with Crippen molar-refractivity contribution in [1.82, 2.24) is 25.5 Å². The zero-order valence-electron chi connectivity index (χ0n) is 30.4. The van der Waals surface area contributed by atoms with E-state index in [9.17, 15) is 24.3 Å². The molecular weight excluding hydrogens is 674 g/mol. The number of H-pyrrole nitrogens is 2. The number of amides is 4. The molecule has 5 aromatic rings. The second-order valence-electron chi connectivity index (χ2n) is 14.8. The molecule has 3 aromatic carbocycles. The lowest BCUT2D eigenvalue weighted by Gasteiger charge is -2.26. The summed E-state index contributed by atoms with van der Waals surface area (Å²) in [5.41, 5.74) is 3.62. The number of nitrogens with zero attached hydrogens (tertiary/aromatic N) is 1. The molecule has 0 saturated carbocycles. The van der Waals surface area contributed by atoms with Crippen LogP contribution in [0.3, 0.4) is 0 Å². The van der Waals surface area contributed by atoms with Crippen LogP contribution in [0.25, 0.3) is 21.8 Å². The first-order chi connectivity index (χ1) is 24.6. The molecule has 53 heavy (non-hydrogen) atoms. The van der Waals surface area contributed by atoms with Crippen LogP contribution in [0.2, 0.25) is 0 Å². The smallest absolute Gasteiger partial charge is 0.407 e. The van der Waals surface area contributed by atoms with Gasteiger partial charge >= 0.3 is 12.2 Å². The Balaban J connectivity index is 0.000000250. The molecule has 5 N–H and O–H groups in total. The summed E-state index contributed by atoms with van der Waals surface area (Å²) < 4.78 is 10.6. The van der Waals surface area contributed by atoms with Crippen molar-refractivity contribution in [2.75, 3.05) is 13.2 Å². The number of aromatic amines is 2. The summed E-state index contributed by atoms with van der Waals surface area (Å²) in [4.78, 5) is 57.5. The molecule has 2 aromatic heterocycles. The fourth-order valence-electron chi connectivity index (χ4n) is 6.03. The van der Waals surface area contributed by atoms with E-state index in [1.807, 2.05) is 60.9 Å². The lowest BCUT2D eigenvalue weighted by atomic mass is 10.0. The van der Waals surface area contributed by atoms with Crippen molar-refractivity contribution in [1.29, 1.82) is 0 Å². The number of carbonyl (C=O) groups is 4. The standard InChI is InChI=1S/C24H25N3O4.C16H22N2O3.CH4/c1-24(2,3)31-23(30)26-16(12-15-13-25-20-11-7-6-8-17(15)20)14-27-21(28)18-9-4-5-10-19(18)22(27)29;1-16(2,3)21-15(20)18-12(10-19)8-11-9-17-14-7-5-4-6-13(11)14;/h4-11,13,16,25H,12,14H2,1-3H3,(H,26,30);4-7,9,12,17,19H,8,10H2,1-3H3,(H,18,20);1H4/t16-;12-;/m00./s1. The molecule has 0 unspecified atom stereocenters. The fraction of sp³-hybridized carbons (Fsp3) is 0.366. The van der Waals surface area contributed by atoms with Gasteiger partial charge in [0.2, 0.25) is 0 Å². The molecule has 0 saturated heterocycles. The first-order valence-corrected chi connectivity index (χ1v) is 17.3. The van der Waals surface area contributed by atoms with Crippen molar-refractivity contribution in [2.24, 2.45) is 0 Å². The first-order valence-electron chi connectivity index (χ1n) is 17.3. The van der Waals surface area contributed by atoms with Crippen molar-refractivity contribution in [3.8, 4) is 0 Å². The van der Waals surface area contributed by atoms with Gasteiger partial charge in [-0.1, -0.05) is 56.0 Å². The van der Waals surface area contributed by atoms with E-state index in [0.29, 0.717) is 24.0 Å². The van der Waals surface area contributed by atoms with Gasteiger partial charge in [0, 0.05) is 34.2 Å². The maximum Gasteiger partial charge on any atom is 0.407 e. The second-order valence-corrected chi connectivity index (χ2v) is 14.8. The number of ether oxygens (including phenoxy) is 2. The highest BCUT2D eigenvalue weighted by atomic mass is 16.6. The Bertz CT molecular complexity index is 2020. The minimum atomic E-state index is -0.662. The van der Waals surface area contributed by atoms with Crippen molar-refractivity contribution in [3.63, 3.8) is 0 Å². The summed E-state index contributed by atoms with van der Waals surface area (Å²) in [5, 5.41) is 17.1. The molecule has 0 aliphatic carbocycles. The monoisotopic (exact) mass is 725 g/mol. The van der Waals surface area contributed by atoms with Crippen LogP contribution in [0.15, 0.2) is 85.2 Å². The highest BCUT2D eigenvalue weighted by molar-refractivity contribution is 6.21. The van der Waals surface area contributed by atoms with Gasteiger partial charge < -0.3 is 35.2 Å². The minimum Gasteiger partial charge on any atom is -0.444 e. The number of hydrogen-bond donors (Lipinski definition) is 5. The Labute approximate surface area is 310 Å². The number of para-hydroxylation sites is 2. The van der Waals surface area contributed by atoms with E-state index < -0.39 is 29.4 Å². The Morgan fingerprint density at radius 2 is 1.08 bits per heavy atom. The minimum absolute atomic E-state index is 0. The number of fused-ring (bicyclic) bond motifs is 3. The Kier molecular flexibility index (Phi) is 12.7. The molecule has 282 valence electrons. The van der Waals surface area contributed by atoms with E-state index in [2.05, 4.69) is 20.6 Å². The van der Waals surface area contributed by atoms with Crippen LogP contribution >= 0.6 is 0 Å². The summed E-state index contributed by atoms with van der Waals surface area (Å²) in [6, 6.07) is 21.7. The number of hydrogen-bond acceptors (Lipinski definition) is 7. The van der Waals surface area contributed by atoms with Crippen LogP contribution in [0.4, 0.5) is 9.59 Å². The van der Waals surface area contributed by atoms with Gasteiger partial charge in [-0.3, -0.25) is 14.5 Å². The zero-order chi connectivity index (χ0) is 37.6. The summed E-state index contributed by atoms with van der Waals surface area (Å²) in [6.45, 7) is 10.7. The van der Waals surface area contributed by atoms with Crippen LogP contribution in [-0.2, 0) is 22.3 Å². The number of imide groups is 1. The summed E-state index contributed by atoms with van der Waals surface area (Å²) in [5.74, 6) is -0.703. The van der Waals surface area contributed by atoms with Gasteiger partial charge in [-0.15, -0.1) is 0 Å². The first kappa shape index (κ1) is 40.2. The molecule has 0 fully saturated rings. The number of aliphatic hydroxyl groups is 1. The summed E-state index contributed by atoms with van der Waals surface area (Å²) in [6.07, 6.45) is 3.66. The lowest BCUT2D eigenvalue weighted by molar-refractivity contribution is 0.0466. The van der Waals surface area contributed by atoms with Crippen molar-refractivity contribution in [3.05, 3.63) is 107 Å². The number of carbonyl (C=O) groups excluding carboxylic acids is 4. The number of benzene rings is 3. The largest absolute Gasteiger partial charge is 0.444 e. The number of alkyl carbamates (subject to hydrolysis) is 2. The van der Waals surface area contributed by atoms with Gasteiger partial charge in [-0.2, -0.15) is 0 Å². The lowest BCUT2D eigenvalue weighted by Crippen LogP contribution is -2.48. The number of aliphatic hydroxyl groups excluding tert-OH is 1. The van der Waals surface area contributed by atoms with Crippen LogP contribution in [0.1, 0.15) is 80.8 Å². The predicted molar refractivity (Wildman–Crippen MR) is 206 cm³/mol. The quantitative estimate of drug-likeness (QED) is 0.101. The highest BCUT2D eigenvalue weighted by Crippen LogP contribution is 2.25. The van der Waals surface area contributed by atoms with Gasteiger partial charge in [0.25, 0.3) is 11.8 Å². The van der Waals surface area contributed by atoms with Gasteiger partial charge in [-0.25, -0.2) is 9.59 Å². The molecular formula is C41H51N5O7. The molecule has 1 aliphatic rings. The van der Waals surface area contributed by atoms with E-state index >= 15 is 0 Å². The third-order valence-electron chi connectivity index (χ3n) is 8.23. The maximum atomic E-state index is 12.8. The number of aromatic nitrogens is 2. The summed E-state index contributed by atoms with van der Waals surface area (Å²) >= 11 is 0. The van der Waals surface area contributed by atoms with Crippen LogP contribution < -0.4 is 10.6 Å². The SMILES string of the molecule is C.CC(C)(C)OC(=O)N[C@@H](Cc1c[nH]c2ccccc12)CN1C(=O)c2ccccc2C1=O.CC(C)(C)OC(=O)N[C@H](CO)Cc1c[nH]c2ccccc12. The highest BCUT2D eigenvalue weighted by Gasteiger charge is 2.37. The van der Waals surface area contributed by atoms with E-state index in [1.54, 1.807) is 65.8 Å². The normalized spacial score (nSPS) is 13.8. The van der Waals surface area contributed by atoms with Crippen molar-refractivity contribution in [2.45, 2.75) is 85.1 Å². The summed E-state index contributed by atoms with van der Waals surface area (Å²) in [7, 11) is 0. The van der Waals surface area contributed by atoms with Gasteiger partial charge in [0.05, 0.1) is 36.4 Å². The maximum absolute atomic E-state index is 12.8. The third kappa shape index (κ3) is 10.5. The van der Waals surface area contributed by atoms with E-state index in [1.165, 1.54) is 4.90 Å². The fourth-order valence-corrected chi connectivity index (χ4v) is 6.03. The molecule has 4 amide bonds. The molecule has 1 aliphatic heterocycles.